The molecule has 294 valence electrons. The van der Waals surface area contributed by atoms with Gasteiger partial charge < -0.3 is 13.7 Å². The van der Waals surface area contributed by atoms with Crippen molar-refractivity contribution in [1.29, 1.82) is 0 Å². The summed E-state index contributed by atoms with van der Waals surface area (Å²) in [6.45, 7) is 0. The lowest BCUT2D eigenvalue weighted by Gasteiger charge is -2.57. The number of furan rings is 2. The summed E-state index contributed by atoms with van der Waals surface area (Å²) >= 11 is 0. The number of nitrogens with zero attached hydrogens (tertiary/aromatic N) is 1. The van der Waals surface area contributed by atoms with Gasteiger partial charge in [-0.05, 0) is 138 Å². The van der Waals surface area contributed by atoms with Crippen LogP contribution in [0.15, 0.2) is 191 Å². The van der Waals surface area contributed by atoms with Crippen LogP contribution in [-0.2, 0) is 5.41 Å². The van der Waals surface area contributed by atoms with Crippen LogP contribution in [0.3, 0.4) is 0 Å². The van der Waals surface area contributed by atoms with Gasteiger partial charge in [-0.15, -0.1) is 0 Å². The van der Waals surface area contributed by atoms with Gasteiger partial charge in [0.25, 0.3) is 0 Å². The van der Waals surface area contributed by atoms with Crippen LogP contribution in [0.2, 0.25) is 0 Å². The Balaban J connectivity index is 0.858. The highest BCUT2D eigenvalue weighted by atomic mass is 16.3. The molecule has 14 rings (SSSR count). The van der Waals surface area contributed by atoms with Crippen molar-refractivity contribution >= 4 is 60.9 Å². The number of hydrogen-bond acceptors (Lipinski definition) is 3. The van der Waals surface area contributed by atoms with E-state index in [1.807, 2.05) is 24.3 Å². The summed E-state index contributed by atoms with van der Waals surface area (Å²) in [7, 11) is 0. The summed E-state index contributed by atoms with van der Waals surface area (Å²) in [6.07, 6.45) is 8.63. The van der Waals surface area contributed by atoms with Gasteiger partial charge in [0.1, 0.15) is 22.3 Å². The Morgan fingerprint density at radius 3 is 1.18 bits per heavy atom. The zero-order valence-corrected chi connectivity index (χ0v) is 34.1. The van der Waals surface area contributed by atoms with Crippen molar-refractivity contribution in [2.45, 2.75) is 43.9 Å². The molecule has 0 saturated heterocycles. The van der Waals surface area contributed by atoms with Gasteiger partial charge in [-0.1, -0.05) is 133 Å². The SMILES string of the molecule is c1ccc2c(c1)oc1c(-c3ccc(N(c4ccc(-c5ccc(C67CC8CC(CC(C8)C6)C7)cc5)cc4)c4ccc(-c5cccc6c5oc5ccccc56)cc4)cc3)cccc12. The van der Waals surface area contributed by atoms with Crippen LogP contribution >= 0.6 is 0 Å². The third-order valence-electron chi connectivity index (χ3n) is 14.7. The fraction of sp³-hybridized carbons (Fsp3) is 0.172. The number of anilines is 3. The smallest absolute Gasteiger partial charge is 0.143 e. The molecule has 4 aliphatic carbocycles. The third-order valence-corrected chi connectivity index (χ3v) is 14.7. The van der Waals surface area contributed by atoms with E-state index >= 15 is 0 Å². The highest BCUT2D eigenvalue weighted by Crippen LogP contribution is 2.61. The molecule has 0 spiro atoms. The molecule has 2 heterocycles. The summed E-state index contributed by atoms with van der Waals surface area (Å²) in [4.78, 5) is 2.36. The molecule has 61 heavy (non-hydrogen) atoms. The number of rotatable bonds is 7. The van der Waals surface area contributed by atoms with E-state index in [1.165, 1.54) is 49.7 Å². The van der Waals surface area contributed by atoms with Crippen LogP contribution in [-0.4, -0.2) is 0 Å². The first-order valence-corrected chi connectivity index (χ1v) is 22.2. The van der Waals surface area contributed by atoms with Gasteiger partial charge in [-0.2, -0.15) is 0 Å². The molecule has 2 aromatic heterocycles. The van der Waals surface area contributed by atoms with Crippen molar-refractivity contribution in [3.63, 3.8) is 0 Å². The quantitative estimate of drug-likeness (QED) is 0.161. The van der Waals surface area contributed by atoms with Crippen LogP contribution in [0.1, 0.15) is 44.1 Å². The van der Waals surface area contributed by atoms with Gasteiger partial charge in [0, 0.05) is 49.7 Å². The van der Waals surface area contributed by atoms with Crippen molar-refractivity contribution in [2.75, 3.05) is 4.90 Å². The molecule has 4 saturated carbocycles. The van der Waals surface area contributed by atoms with Gasteiger partial charge >= 0.3 is 0 Å². The average Bonchev–Trinajstić information content (AvgIpc) is 3.89. The Kier molecular flexibility index (Phi) is 7.79. The summed E-state index contributed by atoms with van der Waals surface area (Å²) in [5.41, 5.74) is 15.9. The minimum atomic E-state index is 0.417. The Bertz CT molecular complexity index is 3070. The van der Waals surface area contributed by atoms with E-state index in [0.717, 1.165) is 101 Å². The largest absolute Gasteiger partial charge is 0.455 e. The van der Waals surface area contributed by atoms with Gasteiger partial charge in [0.15, 0.2) is 0 Å². The minimum absolute atomic E-state index is 0.417. The minimum Gasteiger partial charge on any atom is -0.455 e. The first-order chi connectivity index (χ1) is 30.1. The monoisotopic (exact) mass is 787 g/mol. The molecule has 4 aliphatic rings. The molecule has 0 aliphatic heterocycles. The molecule has 4 bridgehead atoms. The fourth-order valence-corrected chi connectivity index (χ4v) is 12.3. The Morgan fingerprint density at radius 1 is 0.361 bits per heavy atom. The molecular weight excluding hydrogens is 743 g/mol. The highest BCUT2D eigenvalue weighted by molar-refractivity contribution is 6.10. The van der Waals surface area contributed by atoms with Crippen LogP contribution in [0, 0.1) is 17.8 Å². The van der Waals surface area contributed by atoms with Crippen LogP contribution in [0.5, 0.6) is 0 Å². The lowest BCUT2D eigenvalue weighted by atomic mass is 9.48. The van der Waals surface area contributed by atoms with Crippen molar-refractivity contribution < 1.29 is 8.83 Å². The third kappa shape index (κ3) is 5.71. The summed E-state index contributed by atoms with van der Waals surface area (Å²) in [5.74, 6) is 2.85. The maximum atomic E-state index is 6.44. The molecule has 0 unspecified atom stereocenters. The van der Waals surface area contributed by atoms with E-state index in [0.29, 0.717) is 5.41 Å². The first-order valence-electron chi connectivity index (χ1n) is 22.2. The summed E-state index contributed by atoms with van der Waals surface area (Å²) in [5, 5.41) is 4.56. The normalized spacial score (nSPS) is 20.6. The van der Waals surface area contributed by atoms with Crippen LogP contribution < -0.4 is 4.90 Å². The van der Waals surface area contributed by atoms with E-state index in [2.05, 4.69) is 163 Å². The van der Waals surface area contributed by atoms with Crippen molar-refractivity contribution in [3.8, 4) is 33.4 Å². The molecule has 0 radical (unpaired) electrons. The van der Waals surface area contributed by atoms with Crippen LogP contribution in [0.25, 0.3) is 77.3 Å². The molecule has 8 aromatic carbocycles. The highest BCUT2D eigenvalue weighted by Gasteiger charge is 2.51. The standard InChI is InChI=1S/C58H45NO2/c1-3-13-54-50(7-1)52-11-5-9-48(56(52)60-54)42-19-27-46(28-20-42)59(47-29-21-43(22-30-47)49-10-6-12-53-51-8-2-4-14-55(51)61-57(49)53)45-25-17-41(18-26-45)40-15-23-44(24-16-40)58-34-37-31-38(35-58)33-39(32-37)36-58/h1-30,37-39H,31-36H2. The maximum Gasteiger partial charge on any atom is 0.143 e. The van der Waals surface area contributed by atoms with Gasteiger partial charge in [0.2, 0.25) is 0 Å². The maximum absolute atomic E-state index is 6.44. The topological polar surface area (TPSA) is 29.5 Å². The van der Waals surface area contributed by atoms with E-state index in [9.17, 15) is 0 Å². The number of benzene rings is 8. The second kappa shape index (κ2) is 13.6. The number of hydrogen-bond donors (Lipinski definition) is 0. The fourth-order valence-electron chi connectivity index (χ4n) is 12.3. The van der Waals surface area contributed by atoms with E-state index in [-0.39, 0.29) is 0 Å². The molecule has 4 fully saturated rings. The second-order valence-corrected chi connectivity index (χ2v) is 18.3. The predicted molar refractivity (Wildman–Crippen MR) is 252 cm³/mol. The van der Waals surface area contributed by atoms with Gasteiger partial charge in [0.05, 0.1) is 0 Å². The average molecular weight is 788 g/mol. The summed E-state index contributed by atoms with van der Waals surface area (Å²) in [6, 6.07) is 66.1. The van der Waals surface area contributed by atoms with E-state index in [4.69, 9.17) is 8.83 Å². The zero-order valence-electron chi connectivity index (χ0n) is 34.1. The molecule has 10 aromatic rings. The van der Waals surface area contributed by atoms with Crippen molar-refractivity contribution in [3.05, 3.63) is 188 Å². The predicted octanol–water partition coefficient (Wildman–Crippen LogP) is 16.4. The van der Waals surface area contributed by atoms with E-state index in [1.54, 1.807) is 5.56 Å². The Morgan fingerprint density at radius 2 is 0.738 bits per heavy atom. The van der Waals surface area contributed by atoms with Gasteiger partial charge in [-0.3, -0.25) is 0 Å². The zero-order chi connectivity index (χ0) is 40.1. The molecule has 0 N–H and O–H groups in total. The number of fused-ring (bicyclic) bond motifs is 6. The Labute approximate surface area is 355 Å². The van der Waals surface area contributed by atoms with E-state index < -0.39 is 0 Å². The Hall–Kier alpha value is -6.84. The lowest BCUT2D eigenvalue weighted by molar-refractivity contribution is -0.00518. The van der Waals surface area contributed by atoms with Gasteiger partial charge in [-0.25, -0.2) is 0 Å². The number of para-hydroxylation sites is 4. The van der Waals surface area contributed by atoms with Crippen LogP contribution in [0.4, 0.5) is 17.1 Å². The molecule has 0 atom stereocenters. The molecule has 3 heteroatoms. The first kappa shape index (κ1) is 35.0. The molecule has 3 nitrogen and oxygen atoms in total. The second-order valence-electron chi connectivity index (χ2n) is 18.3. The van der Waals surface area contributed by atoms with Crippen molar-refractivity contribution in [2.24, 2.45) is 17.8 Å². The van der Waals surface area contributed by atoms with Crippen molar-refractivity contribution in [1.82, 2.24) is 0 Å². The molecular formula is C58H45NO2. The summed E-state index contributed by atoms with van der Waals surface area (Å²) < 4.78 is 12.9. The molecule has 0 amide bonds. The lowest BCUT2D eigenvalue weighted by Crippen LogP contribution is -2.48.